The first-order valence-electron chi connectivity index (χ1n) is 5.43. The zero-order valence-electron chi connectivity index (χ0n) is 10.3. The number of nitrogens with one attached hydrogen (secondary N) is 1. The van der Waals surface area contributed by atoms with Crippen molar-refractivity contribution < 1.29 is 14.7 Å². The van der Waals surface area contributed by atoms with Gasteiger partial charge >= 0.3 is 5.97 Å². The Kier molecular flexibility index (Phi) is 3.57. The van der Waals surface area contributed by atoms with Crippen molar-refractivity contribution in [1.82, 2.24) is 10.2 Å². The second-order valence-electron chi connectivity index (χ2n) is 3.93. The summed E-state index contributed by atoms with van der Waals surface area (Å²) in [6.45, 7) is 3.53. The van der Waals surface area contributed by atoms with Crippen LogP contribution in [0.4, 0.5) is 5.13 Å². The highest BCUT2D eigenvalue weighted by Gasteiger charge is 2.17. The molecule has 2 aromatic rings. The van der Waals surface area contributed by atoms with Gasteiger partial charge < -0.3 is 5.11 Å². The second kappa shape index (κ2) is 5.15. The lowest BCUT2D eigenvalue weighted by Gasteiger charge is -2.06. The van der Waals surface area contributed by atoms with Crippen molar-refractivity contribution >= 4 is 28.3 Å². The number of benzene rings is 1. The fourth-order valence-corrected chi connectivity index (χ4v) is 2.13. The molecule has 1 amide bonds. The van der Waals surface area contributed by atoms with Gasteiger partial charge in [-0.15, -0.1) is 10.2 Å². The van der Waals surface area contributed by atoms with Gasteiger partial charge in [-0.2, -0.15) is 0 Å². The van der Waals surface area contributed by atoms with Crippen molar-refractivity contribution in [2.45, 2.75) is 13.8 Å². The van der Waals surface area contributed by atoms with Crippen molar-refractivity contribution in [2.24, 2.45) is 0 Å². The number of aromatic carboxylic acids is 1. The molecule has 0 bridgehead atoms. The number of nitrogens with zero attached hydrogens (tertiary/aromatic N) is 2. The molecule has 1 aromatic heterocycles. The van der Waals surface area contributed by atoms with Crippen LogP contribution in [0.2, 0.25) is 0 Å². The molecule has 19 heavy (non-hydrogen) atoms. The summed E-state index contributed by atoms with van der Waals surface area (Å²) in [5.41, 5.74) is 0.852. The first kappa shape index (κ1) is 13.2. The standard InChI is InChI=1S/C12H11N3O3S/c1-6-3-4-8(9(5-6)11(17)18)10(16)13-12-15-14-7(2)19-12/h3-5H,1-2H3,(H,17,18)(H,13,15,16). The van der Waals surface area contributed by atoms with Crippen LogP contribution in [0.1, 0.15) is 31.3 Å². The van der Waals surface area contributed by atoms with Gasteiger partial charge in [0.25, 0.3) is 5.91 Å². The zero-order chi connectivity index (χ0) is 14.0. The Morgan fingerprint density at radius 1 is 1.21 bits per heavy atom. The van der Waals surface area contributed by atoms with Crippen molar-refractivity contribution in [1.29, 1.82) is 0 Å². The van der Waals surface area contributed by atoms with E-state index in [4.69, 9.17) is 5.11 Å². The number of aromatic nitrogens is 2. The van der Waals surface area contributed by atoms with E-state index >= 15 is 0 Å². The number of carbonyl (C=O) groups excluding carboxylic acids is 1. The molecule has 0 aliphatic heterocycles. The third-order valence-electron chi connectivity index (χ3n) is 2.40. The number of carboxylic acid groups (broad SMARTS) is 1. The molecule has 0 radical (unpaired) electrons. The molecule has 0 unspecified atom stereocenters. The van der Waals surface area contributed by atoms with Gasteiger partial charge in [0.2, 0.25) is 5.13 Å². The molecule has 98 valence electrons. The Morgan fingerprint density at radius 2 is 1.95 bits per heavy atom. The van der Waals surface area contributed by atoms with E-state index in [0.717, 1.165) is 10.6 Å². The third-order valence-corrected chi connectivity index (χ3v) is 3.15. The minimum absolute atomic E-state index is 0.0289. The average molecular weight is 277 g/mol. The van der Waals surface area contributed by atoms with E-state index in [9.17, 15) is 9.59 Å². The maximum Gasteiger partial charge on any atom is 0.336 e. The largest absolute Gasteiger partial charge is 0.478 e. The molecular weight excluding hydrogens is 266 g/mol. The van der Waals surface area contributed by atoms with E-state index in [0.29, 0.717) is 5.13 Å². The molecule has 0 aliphatic carbocycles. The predicted molar refractivity (Wildman–Crippen MR) is 70.7 cm³/mol. The first-order chi connectivity index (χ1) is 8.97. The predicted octanol–water partition coefficient (Wildman–Crippen LogP) is 2.11. The van der Waals surface area contributed by atoms with E-state index in [-0.39, 0.29) is 11.1 Å². The summed E-state index contributed by atoms with van der Waals surface area (Å²) < 4.78 is 0. The molecule has 0 aliphatic rings. The fourth-order valence-electron chi connectivity index (χ4n) is 1.54. The number of amides is 1. The molecule has 0 atom stereocenters. The maximum absolute atomic E-state index is 12.0. The van der Waals surface area contributed by atoms with Gasteiger partial charge in [0, 0.05) is 0 Å². The summed E-state index contributed by atoms with van der Waals surface area (Å²) in [7, 11) is 0. The van der Waals surface area contributed by atoms with Crippen LogP contribution in [0.5, 0.6) is 0 Å². The highest BCUT2D eigenvalue weighted by molar-refractivity contribution is 7.15. The Morgan fingerprint density at radius 3 is 2.53 bits per heavy atom. The number of anilines is 1. The maximum atomic E-state index is 12.0. The highest BCUT2D eigenvalue weighted by atomic mass is 32.1. The topological polar surface area (TPSA) is 92.2 Å². The van der Waals surface area contributed by atoms with Crippen LogP contribution in [0.25, 0.3) is 0 Å². The number of aryl methyl sites for hydroxylation is 2. The first-order valence-corrected chi connectivity index (χ1v) is 6.24. The average Bonchev–Trinajstić information content (AvgIpc) is 2.74. The van der Waals surface area contributed by atoms with Gasteiger partial charge in [-0.25, -0.2) is 4.79 Å². The summed E-state index contributed by atoms with van der Waals surface area (Å²) in [6.07, 6.45) is 0. The molecular formula is C12H11N3O3S. The fraction of sp³-hybridized carbons (Fsp3) is 0.167. The highest BCUT2D eigenvalue weighted by Crippen LogP contribution is 2.17. The van der Waals surface area contributed by atoms with Crippen molar-refractivity contribution in [3.05, 3.63) is 39.9 Å². The van der Waals surface area contributed by atoms with E-state index in [1.165, 1.54) is 23.5 Å². The van der Waals surface area contributed by atoms with Gasteiger partial charge in [-0.05, 0) is 26.0 Å². The number of carbonyl (C=O) groups is 2. The number of hydrogen-bond acceptors (Lipinski definition) is 5. The second-order valence-corrected chi connectivity index (χ2v) is 5.12. The third kappa shape index (κ3) is 2.94. The van der Waals surface area contributed by atoms with E-state index in [1.807, 2.05) is 0 Å². The smallest absolute Gasteiger partial charge is 0.336 e. The minimum atomic E-state index is -1.14. The summed E-state index contributed by atoms with van der Waals surface area (Å²) in [6, 6.07) is 4.64. The van der Waals surface area contributed by atoms with Crippen LogP contribution >= 0.6 is 11.3 Å². The zero-order valence-corrected chi connectivity index (χ0v) is 11.1. The summed E-state index contributed by atoms with van der Waals surface area (Å²) in [4.78, 5) is 23.2. The van der Waals surface area contributed by atoms with Crippen LogP contribution in [0, 0.1) is 13.8 Å². The molecule has 2 rings (SSSR count). The lowest BCUT2D eigenvalue weighted by molar-refractivity contribution is 0.0692. The number of rotatable bonds is 3. The molecule has 7 heteroatoms. The van der Waals surface area contributed by atoms with Gasteiger partial charge in [0.05, 0.1) is 11.1 Å². The van der Waals surface area contributed by atoms with Crippen molar-refractivity contribution in [2.75, 3.05) is 5.32 Å². The van der Waals surface area contributed by atoms with Crippen molar-refractivity contribution in [3.63, 3.8) is 0 Å². The lowest BCUT2D eigenvalue weighted by Crippen LogP contribution is -2.16. The number of hydrogen-bond donors (Lipinski definition) is 2. The van der Waals surface area contributed by atoms with Gasteiger partial charge in [-0.1, -0.05) is 23.0 Å². The molecule has 0 saturated heterocycles. The number of carboxylic acids is 1. The Bertz CT molecular complexity index is 651. The molecule has 1 heterocycles. The lowest BCUT2D eigenvalue weighted by atomic mass is 10.0. The molecule has 0 spiro atoms. The molecule has 0 fully saturated rings. The molecule has 6 nitrogen and oxygen atoms in total. The van der Waals surface area contributed by atoms with E-state index in [2.05, 4.69) is 15.5 Å². The molecule has 1 aromatic carbocycles. The quantitative estimate of drug-likeness (QED) is 0.896. The van der Waals surface area contributed by atoms with E-state index < -0.39 is 11.9 Å². The van der Waals surface area contributed by atoms with Crippen LogP contribution in [0.3, 0.4) is 0 Å². The van der Waals surface area contributed by atoms with Gasteiger partial charge in [-0.3, -0.25) is 10.1 Å². The Labute approximate surface area is 113 Å². The van der Waals surface area contributed by atoms with Crippen LogP contribution in [-0.2, 0) is 0 Å². The van der Waals surface area contributed by atoms with E-state index in [1.54, 1.807) is 19.9 Å². The van der Waals surface area contributed by atoms with Gasteiger partial charge in [0.15, 0.2) is 0 Å². The Balaban J connectivity index is 2.31. The van der Waals surface area contributed by atoms with Crippen molar-refractivity contribution in [3.8, 4) is 0 Å². The SMILES string of the molecule is Cc1ccc(C(=O)Nc2nnc(C)s2)c(C(=O)O)c1. The summed E-state index contributed by atoms with van der Waals surface area (Å²) in [5, 5.41) is 20.2. The normalized spacial score (nSPS) is 10.2. The monoisotopic (exact) mass is 277 g/mol. The Hall–Kier alpha value is -2.28. The summed E-state index contributed by atoms with van der Waals surface area (Å²) in [5.74, 6) is -1.64. The van der Waals surface area contributed by atoms with Crippen LogP contribution in [0.15, 0.2) is 18.2 Å². The van der Waals surface area contributed by atoms with Gasteiger partial charge in [0.1, 0.15) is 5.01 Å². The minimum Gasteiger partial charge on any atom is -0.478 e. The molecule has 2 N–H and O–H groups in total. The van der Waals surface area contributed by atoms with Crippen LogP contribution < -0.4 is 5.32 Å². The molecule has 0 saturated carbocycles. The van der Waals surface area contributed by atoms with Crippen LogP contribution in [-0.4, -0.2) is 27.2 Å². The summed E-state index contributed by atoms with van der Waals surface area (Å²) >= 11 is 1.23.